The van der Waals surface area contributed by atoms with Crippen molar-refractivity contribution < 1.29 is 4.74 Å². The molecule has 0 fully saturated rings. The maximum absolute atomic E-state index is 6.36. The van der Waals surface area contributed by atoms with E-state index in [0.717, 1.165) is 15.7 Å². The number of hydrogen-bond donors (Lipinski definition) is 1. The number of methoxy groups -OCH3 is 1. The van der Waals surface area contributed by atoms with E-state index >= 15 is 0 Å². The van der Waals surface area contributed by atoms with Gasteiger partial charge in [-0.3, -0.25) is 4.68 Å². The molecule has 0 aliphatic carbocycles. The number of aromatic nitrogens is 2. The van der Waals surface area contributed by atoms with Crippen molar-refractivity contribution in [3.05, 3.63) is 50.2 Å². The molecule has 2 aromatic rings. The molecular weight excluding hydrogens is 377 g/mol. The molecule has 0 bridgehead atoms. The van der Waals surface area contributed by atoms with Crippen molar-refractivity contribution in [1.82, 2.24) is 15.1 Å². The second kappa shape index (κ2) is 7.61. The maximum Gasteiger partial charge on any atom is 0.0837 e. The molecule has 0 saturated carbocycles. The van der Waals surface area contributed by atoms with Crippen molar-refractivity contribution in [2.75, 3.05) is 20.8 Å². The topological polar surface area (TPSA) is 39.1 Å². The molecule has 0 spiro atoms. The molecule has 0 amide bonds. The third kappa shape index (κ3) is 3.79. The Balaban J connectivity index is 2.43. The molecule has 114 valence electrons. The second-order valence-corrected chi connectivity index (χ2v) is 6.21. The van der Waals surface area contributed by atoms with Crippen LogP contribution < -0.4 is 5.32 Å². The van der Waals surface area contributed by atoms with Crippen LogP contribution in [0.2, 0.25) is 10.0 Å². The van der Waals surface area contributed by atoms with Crippen LogP contribution in [0.25, 0.3) is 0 Å². The van der Waals surface area contributed by atoms with Gasteiger partial charge in [0.05, 0.1) is 36.1 Å². The van der Waals surface area contributed by atoms with Gasteiger partial charge >= 0.3 is 0 Å². The Labute approximate surface area is 142 Å². The number of nitrogens with zero attached hydrogens (tertiary/aromatic N) is 2. The molecule has 1 atom stereocenters. The molecule has 0 aliphatic heterocycles. The van der Waals surface area contributed by atoms with Gasteiger partial charge in [-0.2, -0.15) is 5.10 Å². The quantitative estimate of drug-likeness (QED) is 0.809. The van der Waals surface area contributed by atoms with Crippen molar-refractivity contribution in [3.8, 4) is 0 Å². The van der Waals surface area contributed by atoms with Crippen molar-refractivity contribution in [2.24, 2.45) is 0 Å². The highest BCUT2D eigenvalue weighted by Gasteiger charge is 2.22. The van der Waals surface area contributed by atoms with Gasteiger partial charge in [-0.25, -0.2) is 0 Å². The number of benzene rings is 1. The first kappa shape index (κ1) is 16.8. The first-order valence-corrected chi connectivity index (χ1v) is 7.95. The fraction of sp³-hybridized carbons (Fsp3) is 0.357. The summed E-state index contributed by atoms with van der Waals surface area (Å²) in [6.07, 6.45) is 1.64. The minimum atomic E-state index is -0.141. The van der Waals surface area contributed by atoms with E-state index in [1.165, 1.54) is 0 Å². The van der Waals surface area contributed by atoms with Gasteiger partial charge in [0.2, 0.25) is 0 Å². The largest absolute Gasteiger partial charge is 0.383 e. The summed E-state index contributed by atoms with van der Waals surface area (Å²) in [7, 11) is 3.53. The maximum atomic E-state index is 6.36. The SMILES string of the molecule is CNC(c1ccc(Br)cc1Cl)c1c(Cl)cnn1CCOC. The summed E-state index contributed by atoms with van der Waals surface area (Å²) in [5, 5.41) is 8.83. The number of rotatable bonds is 6. The molecule has 1 aromatic heterocycles. The lowest BCUT2D eigenvalue weighted by Crippen LogP contribution is -2.23. The average Bonchev–Trinajstić information content (AvgIpc) is 2.81. The van der Waals surface area contributed by atoms with E-state index < -0.39 is 0 Å². The van der Waals surface area contributed by atoms with Crippen molar-refractivity contribution >= 4 is 39.1 Å². The van der Waals surface area contributed by atoms with Gasteiger partial charge < -0.3 is 10.1 Å². The molecule has 2 rings (SSSR count). The minimum Gasteiger partial charge on any atom is -0.383 e. The van der Waals surface area contributed by atoms with E-state index in [9.17, 15) is 0 Å². The van der Waals surface area contributed by atoms with E-state index in [-0.39, 0.29) is 6.04 Å². The molecule has 7 heteroatoms. The Bertz CT molecular complexity index is 618. The van der Waals surface area contributed by atoms with E-state index in [1.807, 2.05) is 29.9 Å². The monoisotopic (exact) mass is 391 g/mol. The molecule has 0 aliphatic rings. The zero-order valence-electron chi connectivity index (χ0n) is 11.7. The van der Waals surface area contributed by atoms with E-state index in [0.29, 0.717) is 23.2 Å². The summed E-state index contributed by atoms with van der Waals surface area (Å²) < 4.78 is 7.89. The number of halogens is 3. The zero-order chi connectivity index (χ0) is 15.4. The molecule has 0 radical (unpaired) electrons. The minimum absolute atomic E-state index is 0.141. The van der Waals surface area contributed by atoms with Crippen LogP contribution in [-0.4, -0.2) is 30.5 Å². The molecule has 21 heavy (non-hydrogen) atoms. The summed E-state index contributed by atoms with van der Waals surface area (Å²) >= 11 is 16.1. The first-order valence-electron chi connectivity index (χ1n) is 6.40. The second-order valence-electron chi connectivity index (χ2n) is 4.48. The highest BCUT2D eigenvalue weighted by Crippen LogP contribution is 2.33. The molecule has 1 unspecified atom stereocenters. The summed E-state index contributed by atoms with van der Waals surface area (Å²) in [5.41, 5.74) is 1.82. The van der Waals surface area contributed by atoms with Crippen LogP contribution in [0.1, 0.15) is 17.3 Å². The van der Waals surface area contributed by atoms with Gasteiger partial charge in [-0.15, -0.1) is 0 Å². The molecule has 0 saturated heterocycles. The van der Waals surface area contributed by atoms with Crippen LogP contribution in [0.5, 0.6) is 0 Å². The average molecular weight is 393 g/mol. The third-order valence-corrected chi connectivity index (χ3v) is 4.29. The summed E-state index contributed by atoms with van der Waals surface area (Å²) in [6.45, 7) is 1.19. The Morgan fingerprint density at radius 1 is 1.38 bits per heavy atom. The predicted molar refractivity (Wildman–Crippen MR) is 89.2 cm³/mol. The van der Waals surface area contributed by atoms with Gasteiger partial charge in [-0.1, -0.05) is 45.2 Å². The van der Waals surface area contributed by atoms with Crippen LogP contribution in [-0.2, 0) is 11.3 Å². The lowest BCUT2D eigenvalue weighted by Gasteiger charge is -2.20. The molecule has 1 heterocycles. The summed E-state index contributed by atoms with van der Waals surface area (Å²) in [4.78, 5) is 0. The predicted octanol–water partition coefficient (Wildman–Crippen LogP) is 3.91. The third-order valence-electron chi connectivity index (χ3n) is 3.18. The Kier molecular flexibility index (Phi) is 6.08. The van der Waals surface area contributed by atoms with Crippen LogP contribution in [0.15, 0.2) is 28.9 Å². The smallest absolute Gasteiger partial charge is 0.0837 e. The Hall–Kier alpha value is -0.590. The fourth-order valence-electron chi connectivity index (χ4n) is 2.19. The zero-order valence-corrected chi connectivity index (χ0v) is 14.8. The molecule has 1 aromatic carbocycles. The van der Waals surface area contributed by atoms with Gasteiger partial charge in [0, 0.05) is 16.6 Å². The van der Waals surface area contributed by atoms with E-state index in [2.05, 4.69) is 26.3 Å². The lowest BCUT2D eigenvalue weighted by atomic mass is 10.0. The van der Waals surface area contributed by atoms with Crippen LogP contribution >= 0.6 is 39.1 Å². The van der Waals surface area contributed by atoms with Crippen LogP contribution in [0.3, 0.4) is 0 Å². The number of hydrogen-bond acceptors (Lipinski definition) is 3. The van der Waals surface area contributed by atoms with Crippen molar-refractivity contribution in [2.45, 2.75) is 12.6 Å². The van der Waals surface area contributed by atoms with Crippen LogP contribution in [0.4, 0.5) is 0 Å². The highest BCUT2D eigenvalue weighted by atomic mass is 79.9. The van der Waals surface area contributed by atoms with E-state index in [4.69, 9.17) is 27.9 Å². The van der Waals surface area contributed by atoms with Crippen molar-refractivity contribution in [3.63, 3.8) is 0 Å². The van der Waals surface area contributed by atoms with Gasteiger partial charge in [0.25, 0.3) is 0 Å². The van der Waals surface area contributed by atoms with Crippen molar-refractivity contribution in [1.29, 1.82) is 0 Å². The van der Waals surface area contributed by atoms with Crippen LogP contribution in [0, 0.1) is 0 Å². The number of nitrogens with one attached hydrogen (secondary N) is 1. The molecular formula is C14H16BrCl2N3O. The van der Waals surface area contributed by atoms with Gasteiger partial charge in [-0.05, 0) is 24.7 Å². The lowest BCUT2D eigenvalue weighted by molar-refractivity contribution is 0.182. The Morgan fingerprint density at radius 3 is 2.76 bits per heavy atom. The summed E-state index contributed by atoms with van der Waals surface area (Å²) in [6, 6.07) is 5.65. The van der Waals surface area contributed by atoms with Gasteiger partial charge in [0.15, 0.2) is 0 Å². The van der Waals surface area contributed by atoms with E-state index in [1.54, 1.807) is 13.3 Å². The first-order chi connectivity index (χ1) is 10.1. The fourth-order valence-corrected chi connectivity index (χ4v) is 3.22. The molecule has 1 N–H and O–H groups in total. The normalized spacial score (nSPS) is 12.6. The Morgan fingerprint density at radius 2 is 2.14 bits per heavy atom. The summed E-state index contributed by atoms with van der Waals surface area (Å²) in [5.74, 6) is 0. The molecule has 4 nitrogen and oxygen atoms in total. The number of ether oxygens (including phenoxy) is 1. The standard InChI is InChI=1S/C14H16BrCl2N3O/c1-18-13(10-4-3-9(15)7-11(10)16)14-12(17)8-19-20(14)5-6-21-2/h3-4,7-8,13,18H,5-6H2,1-2H3. The highest BCUT2D eigenvalue weighted by molar-refractivity contribution is 9.10. The van der Waals surface area contributed by atoms with Gasteiger partial charge in [0.1, 0.15) is 0 Å².